The number of hydrogen-bond acceptors (Lipinski definition) is 2. The Kier molecular flexibility index (Phi) is 2.84. The van der Waals surface area contributed by atoms with Crippen molar-refractivity contribution in [3.8, 4) is 0 Å². The molecule has 0 aliphatic carbocycles. The summed E-state index contributed by atoms with van der Waals surface area (Å²) in [6.45, 7) is 1.67. The molecule has 3 aromatic rings. The van der Waals surface area contributed by atoms with E-state index in [2.05, 4.69) is 0 Å². The van der Waals surface area contributed by atoms with Crippen LogP contribution in [0.25, 0.3) is 11.0 Å². The highest BCUT2D eigenvalue weighted by atomic mass is 19.1. The first-order chi connectivity index (χ1) is 9.15. The van der Waals surface area contributed by atoms with Crippen molar-refractivity contribution in [2.45, 2.75) is 13.0 Å². The van der Waals surface area contributed by atoms with Gasteiger partial charge in [0.1, 0.15) is 23.3 Å². The number of aliphatic hydroxyl groups is 1. The monoisotopic (exact) mass is 256 g/mol. The van der Waals surface area contributed by atoms with Crippen LogP contribution in [0.1, 0.15) is 23.0 Å². The van der Waals surface area contributed by atoms with E-state index < -0.39 is 6.10 Å². The lowest BCUT2D eigenvalue weighted by molar-refractivity contribution is 0.192. The molecule has 0 saturated carbocycles. The molecule has 1 atom stereocenters. The molecule has 0 bridgehead atoms. The summed E-state index contributed by atoms with van der Waals surface area (Å²) < 4.78 is 18.8. The summed E-state index contributed by atoms with van der Waals surface area (Å²) in [5.41, 5.74) is 1.86. The zero-order valence-electron chi connectivity index (χ0n) is 10.4. The summed E-state index contributed by atoms with van der Waals surface area (Å²) in [5.74, 6) is 0.188. The molecule has 2 nitrogen and oxygen atoms in total. The third-order valence-corrected chi connectivity index (χ3v) is 3.21. The fraction of sp³-hybridized carbons (Fsp3) is 0.125. The van der Waals surface area contributed by atoms with Crippen LogP contribution in [0.2, 0.25) is 0 Å². The fourth-order valence-electron chi connectivity index (χ4n) is 2.14. The fourth-order valence-corrected chi connectivity index (χ4v) is 2.14. The Labute approximate surface area is 110 Å². The predicted octanol–water partition coefficient (Wildman–Crippen LogP) is 3.96. The summed E-state index contributed by atoms with van der Waals surface area (Å²) in [7, 11) is 0. The summed E-state index contributed by atoms with van der Waals surface area (Å²) in [6.07, 6.45) is -0.883. The van der Waals surface area contributed by atoms with Gasteiger partial charge in [-0.25, -0.2) is 4.39 Å². The van der Waals surface area contributed by atoms with Gasteiger partial charge in [0.05, 0.1) is 0 Å². The first-order valence-electron chi connectivity index (χ1n) is 6.08. The van der Waals surface area contributed by atoms with Crippen molar-refractivity contribution in [2.75, 3.05) is 0 Å². The van der Waals surface area contributed by atoms with Gasteiger partial charge in [-0.3, -0.25) is 0 Å². The molecule has 1 unspecified atom stereocenters. The third kappa shape index (κ3) is 2.13. The molecule has 1 aromatic heterocycles. The number of hydrogen-bond donors (Lipinski definition) is 1. The van der Waals surface area contributed by atoms with Gasteiger partial charge in [0.25, 0.3) is 0 Å². The summed E-state index contributed by atoms with van der Waals surface area (Å²) in [4.78, 5) is 0. The maximum atomic E-state index is 13.2. The van der Waals surface area contributed by atoms with Crippen LogP contribution in [0.5, 0.6) is 0 Å². The third-order valence-electron chi connectivity index (χ3n) is 3.21. The largest absolute Gasteiger partial charge is 0.458 e. The van der Waals surface area contributed by atoms with Crippen molar-refractivity contribution < 1.29 is 13.9 Å². The quantitative estimate of drug-likeness (QED) is 0.752. The van der Waals surface area contributed by atoms with E-state index in [0.717, 1.165) is 11.0 Å². The summed E-state index contributed by atoms with van der Waals surface area (Å²) >= 11 is 0. The van der Waals surface area contributed by atoms with Crippen molar-refractivity contribution in [2.24, 2.45) is 0 Å². The number of para-hydroxylation sites is 1. The molecule has 1 N–H and O–H groups in total. The van der Waals surface area contributed by atoms with Gasteiger partial charge >= 0.3 is 0 Å². The van der Waals surface area contributed by atoms with Gasteiger partial charge in [-0.1, -0.05) is 30.3 Å². The minimum Gasteiger partial charge on any atom is -0.458 e. The molecule has 3 rings (SSSR count). The van der Waals surface area contributed by atoms with Crippen LogP contribution in [0.3, 0.4) is 0 Å². The maximum absolute atomic E-state index is 13.2. The van der Waals surface area contributed by atoms with E-state index in [-0.39, 0.29) is 5.82 Å². The Morgan fingerprint density at radius 2 is 1.89 bits per heavy atom. The average molecular weight is 256 g/mol. The molecule has 96 valence electrons. The number of rotatable bonds is 2. The molecule has 0 fully saturated rings. The normalized spacial score (nSPS) is 12.8. The van der Waals surface area contributed by atoms with E-state index in [9.17, 15) is 9.50 Å². The highest BCUT2D eigenvalue weighted by molar-refractivity contribution is 5.77. The highest BCUT2D eigenvalue weighted by Crippen LogP contribution is 2.28. The van der Waals surface area contributed by atoms with Gasteiger partial charge in [-0.2, -0.15) is 0 Å². The van der Waals surface area contributed by atoms with Crippen LogP contribution in [-0.4, -0.2) is 5.11 Å². The summed E-state index contributed by atoms with van der Waals surface area (Å²) in [5, 5.41) is 11.2. The first-order valence-corrected chi connectivity index (χ1v) is 6.08. The summed E-state index contributed by atoms with van der Waals surface area (Å²) in [6, 6.07) is 13.9. The number of benzene rings is 2. The van der Waals surface area contributed by atoms with Crippen molar-refractivity contribution >= 4 is 11.0 Å². The Bertz CT molecular complexity index is 697. The molecular formula is C16H13FO2. The molecule has 0 amide bonds. The second-order valence-electron chi connectivity index (χ2n) is 4.60. The molecule has 0 aliphatic heterocycles. The topological polar surface area (TPSA) is 33.4 Å². The van der Waals surface area contributed by atoms with E-state index in [4.69, 9.17) is 4.42 Å². The Morgan fingerprint density at radius 1 is 1.11 bits per heavy atom. The lowest BCUT2D eigenvalue weighted by Gasteiger charge is -2.09. The van der Waals surface area contributed by atoms with E-state index in [1.165, 1.54) is 6.07 Å². The molecule has 0 spiro atoms. The smallest absolute Gasteiger partial charge is 0.138 e. The number of furan rings is 1. The Hall–Kier alpha value is -2.13. The van der Waals surface area contributed by atoms with E-state index in [1.54, 1.807) is 25.1 Å². The van der Waals surface area contributed by atoms with Gasteiger partial charge in [-0.05, 0) is 36.2 Å². The molecular weight excluding hydrogens is 243 g/mol. The van der Waals surface area contributed by atoms with Crippen LogP contribution < -0.4 is 0 Å². The van der Waals surface area contributed by atoms with Gasteiger partial charge in [-0.15, -0.1) is 0 Å². The molecule has 19 heavy (non-hydrogen) atoms. The minimum absolute atomic E-state index is 0.277. The second-order valence-corrected chi connectivity index (χ2v) is 4.60. The highest BCUT2D eigenvalue weighted by Gasteiger charge is 2.16. The standard InChI is InChI=1S/C16H13FO2/c1-10-8-12(6-7-13(10)17)16(18)15-9-11-4-2-3-5-14(11)19-15/h2-9,16,18H,1H3. The van der Waals surface area contributed by atoms with E-state index in [0.29, 0.717) is 16.9 Å². The molecule has 1 heterocycles. The number of aliphatic hydroxyl groups excluding tert-OH is 1. The van der Waals surface area contributed by atoms with Gasteiger partial charge in [0.2, 0.25) is 0 Å². The van der Waals surface area contributed by atoms with E-state index >= 15 is 0 Å². The molecule has 0 aliphatic rings. The average Bonchev–Trinajstić information content (AvgIpc) is 2.85. The molecule has 3 heteroatoms. The number of aryl methyl sites for hydroxylation is 1. The van der Waals surface area contributed by atoms with Crippen LogP contribution in [0, 0.1) is 12.7 Å². The van der Waals surface area contributed by atoms with Gasteiger partial charge in [0, 0.05) is 5.39 Å². The second kappa shape index (κ2) is 4.52. The lowest BCUT2D eigenvalue weighted by Crippen LogP contribution is -1.99. The van der Waals surface area contributed by atoms with Crippen LogP contribution in [-0.2, 0) is 0 Å². The van der Waals surface area contributed by atoms with Crippen molar-refractivity contribution in [1.82, 2.24) is 0 Å². The van der Waals surface area contributed by atoms with Crippen molar-refractivity contribution in [1.29, 1.82) is 0 Å². The number of fused-ring (bicyclic) bond motifs is 1. The Balaban J connectivity index is 2.02. The van der Waals surface area contributed by atoms with Crippen LogP contribution >= 0.6 is 0 Å². The van der Waals surface area contributed by atoms with Crippen LogP contribution in [0.4, 0.5) is 4.39 Å². The Morgan fingerprint density at radius 3 is 2.63 bits per heavy atom. The first kappa shape index (κ1) is 11.9. The van der Waals surface area contributed by atoms with Gasteiger partial charge in [0.15, 0.2) is 0 Å². The predicted molar refractivity (Wildman–Crippen MR) is 71.4 cm³/mol. The SMILES string of the molecule is Cc1cc(C(O)c2cc3ccccc3o2)ccc1F. The number of halogens is 1. The zero-order chi connectivity index (χ0) is 13.4. The molecule has 0 saturated heterocycles. The minimum atomic E-state index is -0.883. The van der Waals surface area contributed by atoms with E-state index in [1.807, 2.05) is 24.3 Å². The van der Waals surface area contributed by atoms with Crippen molar-refractivity contribution in [3.05, 3.63) is 71.2 Å². The lowest BCUT2D eigenvalue weighted by atomic mass is 10.0. The van der Waals surface area contributed by atoms with Crippen LogP contribution in [0.15, 0.2) is 52.9 Å². The van der Waals surface area contributed by atoms with Gasteiger partial charge < -0.3 is 9.52 Å². The molecule has 2 aromatic carbocycles. The maximum Gasteiger partial charge on any atom is 0.138 e. The van der Waals surface area contributed by atoms with Crippen molar-refractivity contribution in [3.63, 3.8) is 0 Å². The molecule has 0 radical (unpaired) electrons. The zero-order valence-corrected chi connectivity index (χ0v) is 10.4.